The molecule has 0 radical (unpaired) electrons. The zero-order chi connectivity index (χ0) is 23.1. The van der Waals surface area contributed by atoms with Crippen molar-refractivity contribution in [1.82, 2.24) is 19.6 Å². The molecule has 0 saturated carbocycles. The third kappa shape index (κ3) is 4.00. The van der Waals surface area contributed by atoms with Crippen molar-refractivity contribution in [1.29, 1.82) is 0 Å². The fraction of sp³-hybridized carbons (Fsp3) is 0.200. The summed E-state index contributed by atoms with van der Waals surface area (Å²) < 4.78 is 2.09. The molecule has 0 saturated heterocycles. The van der Waals surface area contributed by atoms with E-state index < -0.39 is 0 Å². The van der Waals surface area contributed by atoms with Crippen LogP contribution >= 0.6 is 23.1 Å². The molecule has 0 N–H and O–H groups in total. The number of aromatic nitrogens is 4. The molecule has 5 rings (SSSR count). The number of carbonyl (C=O) groups is 1. The number of para-hydroxylation sites is 1. The number of fused-ring (bicyclic) bond motifs is 3. The first-order chi connectivity index (χ1) is 15.9. The van der Waals surface area contributed by atoms with Gasteiger partial charge in [0.05, 0.1) is 16.9 Å². The molecule has 33 heavy (non-hydrogen) atoms. The minimum atomic E-state index is -0.0582. The summed E-state index contributed by atoms with van der Waals surface area (Å²) in [5, 5.41) is 13.5. The second kappa shape index (κ2) is 8.61. The summed E-state index contributed by atoms with van der Waals surface area (Å²) in [7, 11) is 0. The molecule has 2 aromatic carbocycles. The highest BCUT2D eigenvalue weighted by Crippen LogP contribution is 2.33. The largest absolute Gasteiger partial charge is 0.274 e. The van der Waals surface area contributed by atoms with Gasteiger partial charge in [0, 0.05) is 23.4 Å². The number of thioether (sulfide) groups is 1. The van der Waals surface area contributed by atoms with Crippen molar-refractivity contribution in [3.63, 3.8) is 0 Å². The molecule has 0 spiro atoms. The molecule has 1 amide bonds. The van der Waals surface area contributed by atoms with Gasteiger partial charge >= 0.3 is 0 Å². The van der Waals surface area contributed by atoms with Crippen LogP contribution in [0.25, 0.3) is 16.6 Å². The van der Waals surface area contributed by atoms with Crippen molar-refractivity contribution in [3.8, 4) is 0 Å². The van der Waals surface area contributed by atoms with Gasteiger partial charge in [0.25, 0.3) is 0 Å². The first-order valence-electron chi connectivity index (χ1n) is 10.6. The maximum Gasteiger partial charge on any atom is 0.230 e. The summed E-state index contributed by atoms with van der Waals surface area (Å²) in [6.45, 7) is 7.78. The number of anilines is 2. The van der Waals surface area contributed by atoms with Crippen LogP contribution in [0.2, 0.25) is 0 Å². The lowest BCUT2D eigenvalue weighted by Crippen LogP contribution is -2.22. The van der Waals surface area contributed by atoms with Gasteiger partial charge in [-0.2, -0.15) is 0 Å². The topological polar surface area (TPSA) is 63.4 Å². The van der Waals surface area contributed by atoms with E-state index in [0.29, 0.717) is 10.9 Å². The normalized spacial score (nSPS) is 11.4. The Kier molecular flexibility index (Phi) is 5.64. The van der Waals surface area contributed by atoms with Crippen LogP contribution in [0, 0.1) is 20.8 Å². The molecule has 0 aliphatic carbocycles. The maximum absolute atomic E-state index is 12.5. The third-order valence-electron chi connectivity index (χ3n) is 5.72. The molecular formula is C25H23N5OS2. The predicted octanol–water partition coefficient (Wildman–Crippen LogP) is 6.24. The standard InChI is InChI=1S/C25H23N5OS2/c1-15-9-10-20(11-16(15)2)29(18(4)31)24-26-19(13-32-24)14-33-25-28-27-23-12-17(3)21-7-5-6-8-22(21)30(23)25/h5-13H,14H2,1-4H3. The molecule has 0 fully saturated rings. The number of thiazole rings is 1. The molecule has 0 unspecified atom stereocenters. The van der Waals surface area contributed by atoms with Crippen LogP contribution in [0.1, 0.15) is 29.3 Å². The van der Waals surface area contributed by atoms with Crippen LogP contribution in [0.5, 0.6) is 0 Å². The van der Waals surface area contributed by atoms with Crippen LogP contribution in [0.15, 0.2) is 59.1 Å². The maximum atomic E-state index is 12.5. The van der Waals surface area contributed by atoms with Crippen molar-refractivity contribution >= 4 is 56.4 Å². The van der Waals surface area contributed by atoms with Crippen LogP contribution < -0.4 is 4.90 Å². The van der Waals surface area contributed by atoms with Crippen LogP contribution in [0.4, 0.5) is 10.8 Å². The molecule has 3 heterocycles. The molecule has 0 aliphatic rings. The molecular weight excluding hydrogens is 450 g/mol. The number of hydrogen-bond donors (Lipinski definition) is 0. The molecule has 3 aromatic heterocycles. The van der Waals surface area contributed by atoms with E-state index in [2.05, 4.69) is 53.6 Å². The first kappa shape index (κ1) is 21.6. The highest BCUT2D eigenvalue weighted by Gasteiger charge is 2.19. The summed E-state index contributed by atoms with van der Waals surface area (Å²) >= 11 is 3.07. The van der Waals surface area contributed by atoms with Gasteiger partial charge in [0.15, 0.2) is 15.9 Å². The number of carbonyl (C=O) groups excluding carboxylic acids is 1. The van der Waals surface area contributed by atoms with Gasteiger partial charge in [-0.25, -0.2) is 4.98 Å². The van der Waals surface area contributed by atoms with E-state index in [1.807, 2.05) is 35.7 Å². The fourth-order valence-corrected chi connectivity index (χ4v) is 5.70. The van der Waals surface area contributed by atoms with E-state index in [1.54, 1.807) is 23.6 Å². The molecule has 0 aliphatic heterocycles. The second-order valence-corrected chi connectivity index (χ2v) is 9.83. The van der Waals surface area contributed by atoms with Gasteiger partial charge in [-0.05, 0) is 61.7 Å². The Morgan fingerprint density at radius 3 is 2.64 bits per heavy atom. The SMILES string of the molecule is CC(=O)N(c1ccc(C)c(C)c1)c1nc(CSc2nnc3cc(C)c4ccccc4n23)cs1. The minimum absolute atomic E-state index is 0.0582. The van der Waals surface area contributed by atoms with Crippen LogP contribution in [-0.2, 0) is 10.5 Å². The highest BCUT2D eigenvalue weighted by atomic mass is 32.2. The Hall–Kier alpha value is -3.23. The lowest BCUT2D eigenvalue weighted by Gasteiger charge is -2.19. The average Bonchev–Trinajstić information content (AvgIpc) is 3.42. The van der Waals surface area contributed by atoms with Gasteiger partial charge in [-0.3, -0.25) is 14.1 Å². The van der Waals surface area contributed by atoms with E-state index in [0.717, 1.165) is 33.3 Å². The summed E-state index contributed by atoms with van der Waals surface area (Å²) in [6, 6.07) is 16.4. The number of benzene rings is 2. The van der Waals surface area contributed by atoms with E-state index in [4.69, 9.17) is 4.98 Å². The summed E-state index contributed by atoms with van der Waals surface area (Å²) in [6.07, 6.45) is 0. The van der Waals surface area contributed by atoms with Crippen molar-refractivity contribution in [3.05, 3.63) is 76.3 Å². The monoisotopic (exact) mass is 473 g/mol. The zero-order valence-electron chi connectivity index (χ0n) is 18.9. The van der Waals surface area contributed by atoms with E-state index >= 15 is 0 Å². The Balaban J connectivity index is 1.42. The molecule has 166 valence electrons. The van der Waals surface area contributed by atoms with Crippen molar-refractivity contribution in [2.45, 2.75) is 38.6 Å². The number of amides is 1. The fourth-order valence-electron chi connectivity index (χ4n) is 3.86. The lowest BCUT2D eigenvalue weighted by molar-refractivity contribution is -0.115. The number of nitrogens with zero attached hydrogens (tertiary/aromatic N) is 5. The molecule has 6 nitrogen and oxygen atoms in total. The first-order valence-corrected chi connectivity index (χ1v) is 12.5. The Labute approximate surface area is 200 Å². The minimum Gasteiger partial charge on any atom is -0.274 e. The van der Waals surface area contributed by atoms with Crippen LogP contribution in [-0.4, -0.2) is 25.5 Å². The van der Waals surface area contributed by atoms with E-state index in [-0.39, 0.29) is 5.91 Å². The predicted molar refractivity (Wildman–Crippen MR) is 136 cm³/mol. The second-order valence-electron chi connectivity index (χ2n) is 8.05. The summed E-state index contributed by atoms with van der Waals surface area (Å²) in [5.41, 5.74) is 7.20. The Morgan fingerprint density at radius 2 is 1.85 bits per heavy atom. The van der Waals surface area contributed by atoms with Gasteiger partial charge in [0.1, 0.15) is 0 Å². The number of hydrogen-bond acceptors (Lipinski definition) is 6. The average molecular weight is 474 g/mol. The van der Waals surface area contributed by atoms with E-state index in [9.17, 15) is 4.79 Å². The Bertz CT molecular complexity index is 1500. The smallest absolute Gasteiger partial charge is 0.230 e. The lowest BCUT2D eigenvalue weighted by atomic mass is 10.1. The molecule has 0 bridgehead atoms. The van der Waals surface area contributed by atoms with Gasteiger partial charge in [-0.1, -0.05) is 36.0 Å². The van der Waals surface area contributed by atoms with Gasteiger partial charge in [0.2, 0.25) is 5.91 Å². The third-order valence-corrected chi connectivity index (χ3v) is 7.55. The van der Waals surface area contributed by atoms with Crippen molar-refractivity contribution < 1.29 is 4.79 Å². The molecule has 5 aromatic rings. The van der Waals surface area contributed by atoms with Crippen LogP contribution in [0.3, 0.4) is 0 Å². The Morgan fingerprint density at radius 1 is 1.03 bits per heavy atom. The molecule has 8 heteroatoms. The van der Waals surface area contributed by atoms with Crippen molar-refractivity contribution in [2.24, 2.45) is 0 Å². The van der Waals surface area contributed by atoms with Gasteiger partial charge in [-0.15, -0.1) is 21.5 Å². The molecule has 0 atom stereocenters. The number of rotatable bonds is 5. The summed E-state index contributed by atoms with van der Waals surface area (Å²) in [4.78, 5) is 18.9. The highest BCUT2D eigenvalue weighted by molar-refractivity contribution is 7.98. The quantitative estimate of drug-likeness (QED) is 0.283. The summed E-state index contributed by atoms with van der Waals surface area (Å²) in [5.74, 6) is 0.579. The van der Waals surface area contributed by atoms with E-state index in [1.165, 1.54) is 27.8 Å². The number of aryl methyl sites for hydroxylation is 3. The zero-order valence-corrected chi connectivity index (χ0v) is 20.5. The number of pyridine rings is 1. The van der Waals surface area contributed by atoms with Crippen molar-refractivity contribution in [2.75, 3.05) is 4.90 Å². The van der Waals surface area contributed by atoms with Gasteiger partial charge < -0.3 is 0 Å².